The molecular formula is C25H28ClNO6. The summed E-state index contributed by atoms with van der Waals surface area (Å²) in [6.07, 6.45) is 2.63. The fraction of sp³-hybridized carbons (Fsp3) is 0.360. The average molecular weight is 474 g/mol. The second-order valence-corrected chi connectivity index (χ2v) is 8.07. The van der Waals surface area contributed by atoms with Gasteiger partial charge in [0.05, 0.1) is 43.5 Å². The summed E-state index contributed by atoms with van der Waals surface area (Å²) in [5.41, 5.74) is 0.876. The van der Waals surface area contributed by atoms with Crippen molar-refractivity contribution in [2.75, 3.05) is 27.9 Å². The summed E-state index contributed by atoms with van der Waals surface area (Å²) in [5.74, 6) is -0.485. The number of ketones is 1. The molecule has 1 aliphatic heterocycles. The number of hydrogen-bond donors (Lipinski definition) is 1. The molecule has 1 aliphatic rings. The van der Waals surface area contributed by atoms with Crippen molar-refractivity contribution in [3.05, 3.63) is 58.1 Å². The summed E-state index contributed by atoms with van der Waals surface area (Å²) >= 11 is 6.28. The maximum Gasteiger partial charge on any atom is 0.295 e. The summed E-state index contributed by atoms with van der Waals surface area (Å²) in [6.45, 7) is 2.46. The number of carbonyl (C=O) groups is 2. The van der Waals surface area contributed by atoms with Crippen molar-refractivity contribution >= 4 is 29.1 Å². The monoisotopic (exact) mass is 473 g/mol. The Bertz CT molecular complexity index is 1060. The van der Waals surface area contributed by atoms with Crippen molar-refractivity contribution in [1.82, 2.24) is 4.90 Å². The van der Waals surface area contributed by atoms with Gasteiger partial charge >= 0.3 is 0 Å². The number of hydrogen-bond acceptors (Lipinski definition) is 6. The van der Waals surface area contributed by atoms with E-state index < -0.39 is 17.7 Å². The van der Waals surface area contributed by atoms with E-state index in [-0.39, 0.29) is 27.7 Å². The van der Waals surface area contributed by atoms with Gasteiger partial charge in [0.25, 0.3) is 11.7 Å². The molecule has 0 saturated carbocycles. The molecule has 3 rings (SSSR count). The quantitative estimate of drug-likeness (QED) is 0.239. The van der Waals surface area contributed by atoms with Crippen LogP contribution in [0.5, 0.6) is 17.2 Å². The van der Waals surface area contributed by atoms with Gasteiger partial charge in [-0.05, 0) is 30.2 Å². The fourth-order valence-corrected chi connectivity index (χ4v) is 4.21. The number of unbranched alkanes of at least 4 members (excludes halogenated alkanes) is 2. The molecule has 0 aromatic heterocycles. The van der Waals surface area contributed by atoms with Gasteiger partial charge in [-0.3, -0.25) is 9.59 Å². The SMILES string of the molecule is CCCCCN1C(=O)C(=O)/C(=C(/O)c2cc(Cl)c(OC)cc2OC)C1c1ccc(OC)cc1. The summed E-state index contributed by atoms with van der Waals surface area (Å²) in [5, 5.41) is 11.5. The zero-order chi connectivity index (χ0) is 24.1. The van der Waals surface area contributed by atoms with Crippen molar-refractivity contribution in [3.63, 3.8) is 0 Å². The minimum atomic E-state index is -0.752. The van der Waals surface area contributed by atoms with Crippen LogP contribution in [0.25, 0.3) is 5.76 Å². The smallest absolute Gasteiger partial charge is 0.295 e. The Labute approximate surface area is 198 Å². The number of ether oxygens (including phenoxy) is 3. The molecule has 1 atom stereocenters. The molecule has 33 heavy (non-hydrogen) atoms. The zero-order valence-corrected chi connectivity index (χ0v) is 19.9. The molecule has 0 aliphatic carbocycles. The van der Waals surface area contributed by atoms with Gasteiger partial charge < -0.3 is 24.2 Å². The molecule has 1 amide bonds. The van der Waals surface area contributed by atoms with Crippen molar-refractivity contribution in [2.24, 2.45) is 0 Å². The number of aliphatic hydroxyl groups excluding tert-OH is 1. The molecular weight excluding hydrogens is 446 g/mol. The Morgan fingerprint density at radius 1 is 1.00 bits per heavy atom. The Balaban J connectivity index is 2.19. The normalized spacial score (nSPS) is 17.4. The highest BCUT2D eigenvalue weighted by atomic mass is 35.5. The van der Waals surface area contributed by atoms with Crippen LogP contribution in [0.3, 0.4) is 0 Å². The molecule has 1 saturated heterocycles. The molecule has 0 spiro atoms. The fourth-order valence-electron chi connectivity index (χ4n) is 3.97. The third-order valence-electron chi connectivity index (χ3n) is 5.70. The molecule has 1 N–H and O–H groups in total. The molecule has 8 heteroatoms. The molecule has 1 heterocycles. The molecule has 1 fully saturated rings. The van der Waals surface area contributed by atoms with E-state index in [0.717, 1.165) is 19.3 Å². The first kappa shape index (κ1) is 24.5. The summed E-state index contributed by atoms with van der Waals surface area (Å²) in [4.78, 5) is 27.7. The number of rotatable bonds is 9. The van der Waals surface area contributed by atoms with Crippen LogP contribution in [0.2, 0.25) is 5.02 Å². The molecule has 176 valence electrons. The highest BCUT2D eigenvalue weighted by molar-refractivity contribution is 6.46. The van der Waals surface area contributed by atoms with E-state index in [2.05, 4.69) is 6.92 Å². The van der Waals surface area contributed by atoms with Gasteiger partial charge in [-0.25, -0.2) is 0 Å². The van der Waals surface area contributed by atoms with Gasteiger partial charge in [0.15, 0.2) is 0 Å². The molecule has 7 nitrogen and oxygen atoms in total. The van der Waals surface area contributed by atoms with E-state index in [1.54, 1.807) is 31.4 Å². The number of aliphatic hydroxyl groups is 1. The van der Waals surface area contributed by atoms with Crippen LogP contribution >= 0.6 is 11.6 Å². The van der Waals surface area contributed by atoms with E-state index in [9.17, 15) is 14.7 Å². The van der Waals surface area contributed by atoms with Crippen LogP contribution in [0.4, 0.5) is 0 Å². The molecule has 0 radical (unpaired) electrons. The largest absolute Gasteiger partial charge is 0.507 e. The maximum absolute atomic E-state index is 13.1. The Hall–Kier alpha value is -3.19. The first-order valence-corrected chi connectivity index (χ1v) is 11.1. The second-order valence-electron chi connectivity index (χ2n) is 7.66. The van der Waals surface area contributed by atoms with Crippen LogP contribution in [0, 0.1) is 0 Å². The standard InChI is InChI=1S/C25H28ClNO6/c1-5-6-7-12-27-22(15-8-10-16(31-2)11-9-15)21(24(29)25(27)30)23(28)17-13-18(26)20(33-4)14-19(17)32-3/h8-11,13-14,22,28H,5-7,12H2,1-4H3/b23-21+. The number of benzene rings is 2. The summed E-state index contributed by atoms with van der Waals surface area (Å²) in [7, 11) is 4.46. The molecule has 2 aromatic rings. The topological polar surface area (TPSA) is 85.3 Å². The molecule has 2 aromatic carbocycles. The van der Waals surface area contributed by atoms with E-state index in [1.165, 1.54) is 31.3 Å². The predicted molar refractivity (Wildman–Crippen MR) is 126 cm³/mol. The third kappa shape index (κ3) is 4.78. The zero-order valence-electron chi connectivity index (χ0n) is 19.2. The minimum Gasteiger partial charge on any atom is -0.507 e. The highest BCUT2D eigenvalue weighted by Gasteiger charge is 2.46. The lowest BCUT2D eigenvalue weighted by atomic mass is 9.94. The minimum absolute atomic E-state index is 0.0128. The second kappa shape index (κ2) is 10.6. The van der Waals surface area contributed by atoms with Gasteiger partial charge in [-0.2, -0.15) is 0 Å². The van der Waals surface area contributed by atoms with Crippen molar-refractivity contribution in [3.8, 4) is 17.2 Å². The first-order valence-electron chi connectivity index (χ1n) is 10.7. The van der Waals surface area contributed by atoms with Gasteiger partial charge in [0, 0.05) is 12.6 Å². The van der Waals surface area contributed by atoms with Gasteiger partial charge in [-0.1, -0.05) is 43.5 Å². The number of carbonyl (C=O) groups excluding carboxylic acids is 2. The Morgan fingerprint density at radius 3 is 2.24 bits per heavy atom. The van der Waals surface area contributed by atoms with Crippen LogP contribution in [-0.2, 0) is 9.59 Å². The van der Waals surface area contributed by atoms with Crippen molar-refractivity contribution in [1.29, 1.82) is 0 Å². The molecule has 0 bridgehead atoms. The maximum atomic E-state index is 13.1. The third-order valence-corrected chi connectivity index (χ3v) is 6.00. The lowest BCUT2D eigenvalue weighted by molar-refractivity contribution is -0.139. The van der Waals surface area contributed by atoms with E-state index in [4.69, 9.17) is 25.8 Å². The lowest BCUT2D eigenvalue weighted by Gasteiger charge is -2.25. The van der Waals surface area contributed by atoms with Crippen LogP contribution in [0.1, 0.15) is 43.4 Å². The van der Waals surface area contributed by atoms with E-state index >= 15 is 0 Å². The number of Topliss-reactive ketones (excluding diaryl/α,β-unsaturated/α-hetero) is 1. The van der Waals surface area contributed by atoms with Crippen molar-refractivity contribution in [2.45, 2.75) is 32.2 Å². The van der Waals surface area contributed by atoms with Gasteiger partial charge in [-0.15, -0.1) is 0 Å². The predicted octanol–water partition coefficient (Wildman–Crippen LogP) is 4.98. The van der Waals surface area contributed by atoms with Gasteiger partial charge in [0.2, 0.25) is 0 Å². The number of amides is 1. The molecule has 1 unspecified atom stereocenters. The lowest BCUT2D eigenvalue weighted by Crippen LogP contribution is -2.30. The Kier molecular flexibility index (Phi) is 7.87. The van der Waals surface area contributed by atoms with Crippen LogP contribution < -0.4 is 14.2 Å². The summed E-state index contributed by atoms with van der Waals surface area (Å²) < 4.78 is 15.9. The number of halogens is 1. The Morgan fingerprint density at radius 2 is 1.67 bits per heavy atom. The average Bonchev–Trinajstić information content (AvgIpc) is 3.08. The van der Waals surface area contributed by atoms with Crippen LogP contribution in [0.15, 0.2) is 42.0 Å². The highest BCUT2D eigenvalue weighted by Crippen LogP contribution is 2.43. The van der Waals surface area contributed by atoms with E-state index in [0.29, 0.717) is 23.6 Å². The van der Waals surface area contributed by atoms with Crippen LogP contribution in [-0.4, -0.2) is 49.6 Å². The van der Waals surface area contributed by atoms with Crippen molar-refractivity contribution < 1.29 is 28.9 Å². The number of methoxy groups -OCH3 is 3. The number of likely N-dealkylation sites (tertiary alicyclic amines) is 1. The van der Waals surface area contributed by atoms with Gasteiger partial charge in [0.1, 0.15) is 23.0 Å². The summed E-state index contributed by atoms with van der Waals surface area (Å²) in [6, 6.07) is 9.32. The first-order chi connectivity index (χ1) is 15.9. The number of nitrogens with zero attached hydrogens (tertiary/aromatic N) is 1. The van der Waals surface area contributed by atoms with E-state index in [1.807, 2.05) is 0 Å².